The summed E-state index contributed by atoms with van der Waals surface area (Å²) >= 11 is 7.05. The Morgan fingerprint density at radius 3 is 2.45 bits per heavy atom. The number of thiophene rings is 1. The van der Waals surface area contributed by atoms with E-state index >= 15 is 0 Å². The fraction of sp³-hybridized carbons (Fsp3) is 0.136. The zero-order chi connectivity index (χ0) is 21.8. The van der Waals surface area contributed by atoms with Crippen molar-refractivity contribution in [3.63, 3.8) is 0 Å². The number of nitrogens with one attached hydrogen (secondary N) is 2. The van der Waals surface area contributed by atoms with Crippen molar-refractivity contribution in [2.24, 2.45) is 0 Å². The van der Waals surface area contributed by atoms with Crippen molar-refractivity contribution in [2.75, 3.05) is 35.3 Å². The molecule has 1 fully saturated rings. The number of ether oxygens (including phenoxy) is 1. The van der Waals surface area contributed by atoms with E-state index in [1.54, 1.807) is 65.6 Å². The summed E-state index contributed by atoms with van der Waals surface area (Å²) < 4.78 is 5.67. The van der Waals surface area contributed by atoms with E-state index in [2.05, 4.69) is 10.6 Å². The number of morpholine rings is 1. The van der Waals surface area contributed by atoms with Crippen LogP contribution >= 0.6 is 22.9 Å². The lowest BCUT2D eigenvalue weighted by molar-refractivity contribution is -0.125. The van der Waals surface area contributed by atoms with Crippen LogP contribution in [-0.2, 0) is 9.53 Å². The predicted octanol–water partition coefficient (Wildman–Crippen LogP) is 4.27. The maximum atomic E-state index is 12.6. The van der Waals surface area contributed by atoms with Gasteiger partial charge < -0.3 is 20.3 Å². The first-order valence-corrected chi connectivity index (χ1v) is 10.7. The van der Waals surface area contributed by atoms with Gasteiger partial charge in [0, 0.05) is 29.2 Å². The minimum absolute atomic E-state index is 0.0743. The molecule has 9 heteroatoms. The van der Waals surface area contributed by atoms with Gasteiger partial charge in [0.05, 0.1) is 15.8 Å². The number of nitrogens with zero attached hydrogens (tertiary/aromatic N) is 1. The van der Waals surface area contributed by atoms with Gasteiger partial charge in [0.2, 0.25) is 0 Å². The maximum Gasteiger partial charge on any atom is 0.265 e. The second-order valence-corrected chi connectivity index (χ2v) is 8.45. The molecule has 0 radical (unpaired) electrons. The fourth-order valence-corrected chi connectivity index (χ4v) is 4.02. The van der Waals surface area contributed by atoms with Crippen molar-refractivity contribution < 1.29 is 19.1 Å². The second-order valence-electron chi connectivity index (χ2n) is 6.74. The highest BCUT2D eigenvalue weighted by Gasteiger charge is 2.20. The first kappa shape index (κ1) is 21.0. The van der Waals surface area contributed by atoms with Gasteiger partial charge in [-0.2, -0.15) is 0 Å². The number of carbonyl (C=O) groups is 3. The third-order valence-electron chi connectivity index (χ3n) is 4.60. The molecule has 1 aromatic heterocycles. The van der Waals surface area contributed by atoms with E-state index in [1.807, 2.05) is 0 Å². The van der Waals surface area contributed by atoms with Gasteiger partial charge in [-0.25, -0.2) is 0 Å². The molecular formula is C22H18ClN3O4S. The Labute approximate surface area is 187 Å². The molecule has 0 aliphatic carbocycles. The minimum Gasteiger partial charge on any atom is -0.370 e. The molecule has 3 aromatic rings. The normalized spacial score (nSPS) is 13.7. The number of hydrogen-bond donors (Lipinski definition) is 2. The van der Waals surface area contributed by atoms with Crippen LogP contribution in [0.5, 0.6) is 0 Å². The van der Waals surface area contributed by atoms with Crippen LogP contribution in [0.25, 0.3) is 0 Å². The van der Waals surface area contributed by atoms with Gasteiger partial charge in [-0.15, -0.1) is 11.3 Å². The molecule has 7 nitrogen and oxygen atoms in total. The van der Waals surface area contributed by atoms with Crippen LogP contribution in [0.3, 0.4) is 0 Å². The van der Waals surface area contributed by atoms with Crippen molar-refractivity contribution in [3.8, 4) is 0 Å². The Morgan fingerprint density at radius 2 is 1.74 bits per heavy atom. The number of carbonyl (C=O) groups excluding carboxylic acids is 3. The number of benzene rings is 2. The highest BCUT2D eigenvalue weighted by atomic mass is 35.5. The van der Waals surface area contributed by atoms with Gasteiger partial charge in [-0.3, -0.25) is 14.4 Å². The zero-order valence-electron chi connectivity index (χ0n) is 16.3. The lowest BCUT2D eigenvalue weighted by Gasteiger charge is -2.26. The largest absolute Gasteiger partial charge is 0.370 e. The molecule has 0 unspecified atom stereocenters. The van der Waals surface area contributed by atoms with Crippen molar-refractivity contribution in [3.05, 3.63) is 75.4 Å². The molecule has 2 aromatic carbocycles. The highest BCUT2D eigenvalue weighted by Crippen LogP contribution is 2.23. The van der Waals surface area contributed by atoms with Crippen molar-refractivity contribution in [1.29, 1.82) is 0 Å². The smallest absolute Gasteiger partial charge is 0.265 e. The zero-order valence-corrected chi connectivity index (χ0v) is 17.8. The Bertz CT molecular complexity index is 1130. The van der Waals surface area contributed by atoms with Crippen LogP contribution in [0.4, 0.5) is 17.1 Å². The lowest BCUT2D eigenvalue weighted by Crippen LogP contribution is -2.41. The van der Waals surface area contributed by atoms with Gasteiger partial charge >= 0.3 is 0 Å². The van der Waals surface area contributed by atoms with Crippen molar-refractivity contribution in [1.82, 2.24) is 0 Å². The SMILES string of the molecule is O=C(Nc1ccc(N2CCOCC2=O)cc1)c1cccc(NC(=O)c2ccc(Cl)s2)c1. The third kappa shape index (κ3) is 5.11. The van der Waals surface area contributed by atoms with Gasteiger partial charge in [-0.05, 0) is 54.6 Å². The molecule has 158 valence electrons. The Hall–Kier alpha value is -3.20. The van der Waals surface area contributed by atoms with Gasteiger partial charge in [0.1, 0.15) is 6.61 Å². The Kier molecular flexibility index (Phi) is 6.31. The summed E-state index contributed by atoms with van der Waals surface area (Å²) in [5.41, 5.74) is 2.25. The monoisotopic (exact) mass is 455 g/mol. The van der Waals surface area contributed by atoms with E-state index in [-0.39, 0.29) is 24.3 Å². The molecule has 2 N–H and O–H groups in total. The van der Waals surface area contributed by atoms with Crippen LogP contribution in [0.2, 0.25) is 4.34 Å². The summed E-state index contributed by atoms with van der Waals surface area (Å²) in [6, 6.07) is 17.0. The predicted molar refractivity (Wildman–Crippen MR) is 121 cm³/mol. The molecule has 1 aliphatic rings. The summed E-state index contributed by atoms with van der Waals surface area (Å²) in [7, 11) is 0. The van der Waals surface area contributed by atoms with Gasteiger partial charge in [0.25, 0.3) is 17.7 Å². The molecule has 0 spiro atoms. The van der Waals surface area contributed by atoms with Gasteiger partial charge in [-0.1, -0.05) is 17.7 Å². The average Bonchev–Trinajstić information content (AvgIpc) is 3.21. The summed E-state index contributed by atoms with van der Waals surface area (Å²) in [6.45, 7) is 1.07. The number of anilines is 3. The topological polar surface area (TPSA) is 87.7 Å². The molecule has 0 bridgehead atoms. The fourth-order valence-electron chi connectivity index (χ4n) is 3.09. The number of halogens is 1. The number of hydrogen-bond acceptors (Lipinski definition) is 5. The van der Waals surface area contributed by atoms with Crippen LogP contribution in [0.15, 0.2) is 60.7 Å². The molecule has 1 aliphatic heterocycles. The first-order valence-electron chi connectivity index (χ1n) is 9.46. The summed E-state index contributed by atoms with van der Waals surface area (Å²) in [4.78, 5) is 39.0. The molecule has 3 amide bonds. The second kappa shape index (κ2) is 9.30. The highest BCUT2D eigenvalue weighted by molar-refractivity contribution is 7.18. The molecule has 2 heterocycles. The maximum absolute atomic E-state index is 12.6. The van der Waals surface area contributed by atoms with E-state index in [9.17, 15) is 14.4 Å². The summed E-state index contributed by atoms with van der Waals surface area (Å²) in [5.74, 6) is -0.695. The molecular weight excluding hydrogens is 438 g/mol. The molecule has 0 saturated carbocycles. The van der Waals surface area contributed by atoms with Crippen molar-refractivity contribution in [2.45, 2.75) is 0 Å². The van der Waals surface area contributed by atoms with E-state index in [0.717, 1.165) is 5.69 Å². The Balaban J connectivity index is 1.41. The lowest BCUT2D eigenvalue weighted by atomic mass is 10.1. The van der Waals surface area contributed by atoms with E-state index in [4.69, 9.17) is 16.3 Å². The third-order valence-corrected chi connectivity index (χ3v) is 5.83. The van der Waals surface area contributed by atoms with E-state index in [0.29, 0.717) is 39.3 Å². The van der Waals surface area contributed by atoms with E-state index in [1.165, 1.54) is 11.3 Å². The van der Waals surface area contributed by atoms with Crippen molar-refractivity contribution >= 4 is 57.7 Å². The standard InChI is InChI=1S/C22H18ClN3O4S/c23-19-9-8-18(31-19)22(29)25-16-3-1-2-14(12-16)21(28)24-15-4-6-17(7-5-15)26-10-11-30-13-20(26)27/h1-9,12H,10-11,13H2,(H,24,28)(H,25,29). The first-order chi connectivity index (χ1) is 15.0. The van der Waals surface area contributed by atoms with E-state index < -0.39 is 0 Å². The quantitative estimate of drug-likeness (QED) is 0.601. The van der Waals surface area contributed by atoms with Crippen LogP contribution in [-0.4, -0.2) is 37.5 Å². The average molecular weight is 456 g/mol. The molecule has 0 atom stereocenters. The van der Waals surface area contributed by atoms with Crippen LogP contribution < -0.4 is 15.5 Å². The van der Waals surface area contributed by atoms with Crippen LogP contribution in [0.1, 0.15) is 20.0 Å². The number of amides is 3. The molecule has 31 heavy (non-hydrogen) atoms. The van der Waals surface area contributed by atoms with Gasteiger partial charge in [0.15, 0.2) is 0 Å². The Morgan fingerprint density at radius 1 is 0.968 bits per heavy atom. The summed E-state index contributed by atoms with van der Waals surface area (Å²) in [6.07, 6.45) is 0. The molecule has 4 rings (SSSR count). The number of rotatable bonds is 5. The minimum atomic E-state index is -0.314. The summed E-state index contributed by atoms with van der Waals surface area (Å²) in [5, 5.41) is 5.58. The van der Waals surface area contributed by atoms with Crippen LogP contribution in [0, 0.1) is 0 Å². The molecule has 1 saturated heterocycles.